The zero-order valence-corrected chi connectivity index (χ0v) is 10.3. The van der Waals surface area contributed by atoms with Gasteiger partial charge in [0.05, 0.1) is 0 Å². The summed E-state index contributed by atoms with van der Waals surface area (Å²) in [6, 6.07) is 7.23. The summed E-state index contributed by atoms with van der Waals surface area (Å²) in [6.07, 6.45) is 0.921. The summed E-state index contributed by atoms with van der Waals surface area (Å²) in [7, 11) is 0. The average molecular weight is 254 g/mol. The first kappa shape index (κ1) is 12.2. The molecule has 1 unspecified atom stereocenters. The molecule has 1 aliphatic heterocycles. The third kappa shape index (κ3) is 2.90. The molecule has 1 aromatic rings. The van der Waals surface area contributed by atoms with E-state index in [-0.39, 0.29) is 6.03 Å². The predicted molar refractivity (Wildman–Crippen MR) is 69.4 cm³/mol. The molecule has 1 saturated heterocycles. The van der Waals surface area contributed by atoms with E-state index in [2.05, 4.69) is 5.32 Å². The van der Waals surface area contributed by atoms with Crippen molar-refractivity contribution in [3.8, 4) is 0 Å². The van der Waals surface area contributed by atoms with Gasteiger partial charge in [0, 0.05) is 23.8 Å². The smallest absolute Gasteiger partial charge is 0.321 e. The van der Waals surface area contributed by atoms with Gasteiger partial charge in [-0.15, -0.1) is 0 Å². The second kappa shape index (κ2) is 5.38. The fourth-order valence-electron chi connectivity index (χ4n) is 2.01. The number of carbonyl (C=O) groups excluding carboxylic acids is 1. The van der Waals surface area contributed by atoms with Crippen molar-refractivity contribution in [1.29, 1.82) is 0 Å². The minimum Gasteiger partial charge on any atom is -0.337 e. The molecule has 0 spiro atoms. The first-order chi connectivity index (χ1) is 8.20. The minimum atomic E-state index is -0.0550. The van der Waals surface area contributed by atoms with Gasteiger partial charge in [0.15, 0.2) is 0 Å². The van der Waals surface area contributed by atoms with Crippen LogP contribution in [-0.2, 0) is 0 Å². The molecule has 0 saturated carbocycles. The van der Waals surface area contributed by atoms with E-state index in [1.165, 1.54) is 0 Å². The van der Waals surface area contributed by atoms with E-state index in [4.69, 9.17) is 17.3 Å². The molecule has 1 atom stereocenters. The van der Waals surface area contributed by atoms with E-state index in [9.17, 15) is 4.79 Å². The van der Waals surface area contributed by atoms with Gasteiger partial charge in [0.1, 0.15) is 0 Å². The lowest BCUT2D eigenvalue weighted by molar-refractivity contribution is 0.236. The molecule has 1 aliphatic rings. The normalized spacial score (nSPS) is 20.2. The number of nitrogens with two attached hydrogens (primary N) is 1. The van der Waals surface area contributed by atoms with E-state index in [1.807, 2.05) is 12.1 Å². The van der Waals surface area contributed by atoms with Crippen LogP contribution in [0.25, 0.3) is 0 Å². The topological polar surface area (TPSA) is 58.4 Å². The fraction of sp³-hybridized carbons (Fsp3) is 0.417. The molecule has 5 heteroatoms. The number of rotatable bonds is 3. The first-order valence-corrected chi connectivity index (χ1v) is 6.09. The summed E-state index contributed by atoms with van der Waals surface area (Å²) >= 11 is 5.83. The Balaban J connectivity index is 2.12. The van der Waals surface area contributed by atoms with Crippen molar-refractivity contribution in [3.63, 3.8) is 0 Å². The van der Waals surface area contributed by atoms with Crippen LogP contribution in [0.4, 0.5) is 10.5 Å². The van der Waals surface area contributed by atoms with Gasteiger partial charge in [-0.25, -0.2) is 4.79 Å². The van der Waals surface area contributed by atoms with Gasteiger partial charge in [0.2, 0.25) is 0 Å². The van der Waals surface area contributed by atoms with Crippen molar-refractivity contribution in [2.75, 3.05) is 24.5 Å². The molecule has 4 nitrogen and oxygen atoms in total. The molecule has 3 N–H and O–H groups in total. The van der Waals surface area contributed by atoms with Gasteiger partial charge in [-0.1, -0.05) is 11.6 Å². The monoisotopic (exact) mass is 253 g/mol. The number of carbonyl (C=O) groups is 1. The van der Waals surface area contributed by atoms with Crippen LogP contribution in [-0.4, -0.2) is 25.7 Å². The highest BCUT2D eigenvalue weighted by molar-refractivity contribution is 6.30. The number of nitrogens with zero attached hydrogens (tertiary/aromatic N) is 1. The molecular formula is C12H16ClN3O. The zero-order chi connectivity index (χ0) is 12.3. The molecule has 1 heterocycles. The van der Waals surface area contributed by atoms with E-state index in [1.54, 1.807) is 17.0 Å². The summed E-state index contributed by atoms with van der Waals surface area (Å²) in [5, 5.41) is 3.55. The molecule has 1 fully saturated rings. The van der Waals surface area contributed by atoms with Crippen molar-refractivity contribution >= 4 is 23.3 Å². The van der Waals surface area contributed by atoms with Crippen LogP contribution in [0.2, 0.25) is 5.02 Å². The summed E-state index contributed by atoms with van der Waals surface area (Å²) in [5.74, 6) is 0.411. The minimum absolute atomic E-state index is 0.0550. The predicted octanol–water partition coefficient (Wildman–Crippen LogP) is 1.83. The van der Waals surface area contributed by atoms with Gasteiger partial charge in [-0.2, -0.15) is 0 Å². The van der Waals surface area contributed by atoms with Crippen molar-refractivity contribution in [3.05, 3.63) is 29.3 Å². The first-order valence-electron chi connectivity index (χ1n) is 5.71. The van der Waals surface area contributed by atoms with Crippen molar-refractivity contribution in [1.82, 2.24) is 5.32 Å². The van der Waals surface area contributed by atoms with Crippen LogP contribution >= 0.6 is 11.6 Å². The second-order valence-electron chi connectivity index (χ2n) is 4.22. The molecule has 0 radical (unpaired) electrons. The van der Waals surface area contributed by atoms with E-state index >= 15 is 0 Å². The zero-order valence-electron chi connectivity index (χ0n) is 9.53. The molecule has 2 amide bonds. The number of hydrogen-bond acceptors (Lipinski definition) is 2. The highest BCUT2D eigenvalue weighted by Crippen LogP contribution is 2.21. The summed E-state index contributed by atoms with van der Waals surface area (Å²) in [6.45, 7) is 2.07. The average Bonchev–Trinajstić information content (AvgIpc) is 2.33. The van der Waals surface area contributed by atoms with Crippen molar-refractivity contribution in [2.45, 2.75) is 6.42 Å². The van der Waals surface area contributed by atoms with E-state index < -0.39 is 0 Å². The number of benzene rings is 1. The molecule has 0 bridgehead atoms. The molecule has 2 rings (SSSR count). The van der Waals surface area contributed by atoms with E-state index in [0.29, 0.717) is 30.6 Å². The molecule has 0 aromatic heterocycles. The highest BCUT2D eigenvalue weighted by atomic mass is 35.5. The second-order valence-corrected chi connectivity index (χ2v) is 4.65. The quantitative estimate of drug-likeness (QED) is 0.864. The van der Waals surface area contributed by atoms with Crippen LogP contribution in [0.1, 0.15) is 6.42 Å². The van der Waals surface area contributed by atoms with Crippen molar-refractivity contribution < 1.29 is 4.79 Å². The number of urea groups is 1. The molecule has 92 valence electrons. The Morgan fingerprint density at radius 2 is 2.12 bits per heavy atom. The number of amides is 2. The third-order valence-electron chi connectivity index (χ3n) is 2.94. The number of anilines is 1. The third-order valence-corrected chi connectivity index (χ3v) is 3.19. The van der Waals surface area contributed by atoms with Crippen LogP contribution in [0, 0.1) is 5.92 Å². The van der Waals surface area contributed by atoms with Crippen LogP contribution in [0.3, 0.4) is 0 Å². The van der Waals surface area contributed by atoms with Crippen molar-refractivity contribution in [2.24, 2.45) is 11.7 Å². The lowest BCUT2D eigenvalue weighted by Gasteiger charge is -2.33. The fourth-order valence-corrected chi connectivity index (χ4v) is 2.13. The number of nitrogens with one attached hydrogen (secondary N) is 1. The van der Waals surface area contributed by atoms with Gasteiger partial charge in [-0.05, 0) is 43.1 Å². The summed E-state index contributed by atoms with van der Waals surface area (Å²) < 4.78 is 0. The Morgan fingerprint density at radius 1 is 1.41 bits per heavy atom. The van der Waals surface area contributed by atoms with Crippen LogP contribution < -0.4 is 16.0 Å². The Bertz CT molecular complexity index is 393. The van der Waals surface area contributed by atoms with E-state index in [0.717, 1.165) is 12.1 Å². The highest BCUT2D eigenvalue weighted by Gasteiger charge is 2.25. The lowest BCUT2D eigenvalue weighted by atomic mass is 10.0. The molecule has 0 aliphatic carbocycles. The molecular weight excluding hydrogens is 238 g/mol. The van der Waals surface area contributed by atoms with Gasteiger partial charge >= 0.3 is 6.03 Å². The Kier molecular flexibility index (Phi) is 3.86. The lowest BCUT2D eigenvalue weighted by Crippen LogP contribution is -2.51. The van der Waals surface area contributed by atoms with Gasteiger partial charge < -0.3 is 11.1 Å². The Morgan fingerprint density at radius 3 is 2.76 bits per heavy atom. The SMILES string of the molecule is NCCC1CNC(=O)N(c2ccc(Cl)cc2)C1. The molecule has 1 aromatic carbocycles. The van der Waals surface area contributed by atoms with Gasteiger partial charge in [-0.3, -0.25) is 4.90 Å². The summed E-state index contributed by atoms with van der Waals surface area (Å²) in [5.41, 5.74) is 6.42. The maximum absolute atomic E-state index is 11.8. The standard InChI is InChI=1S/C12H16ClN3O/c13-10-1-3-11(4-2-10)16-8-9(5-6-14)7-15-12(16)17/h1-4,9H,5-8,14H2,(H,15,17). The maximum atomic E-state index is 11.8. The largest absolute Gasteiger partial charge is 0.337 e. The molecule has 17 heavy (non-hydrogen) atoms. The van der Waals surface area contributed by atoms with Gasteiger partial charge in [0.25, 0.3) is 0 Å². The Hall–Kier alpha value is -1.26. The number of halogens is 1. The number of hydrogen-bond donors (Lipinski definition) is 2. The Labute approximate surface area is 106 Å². The summed E-state index contributed by atoms with van der Waals surface area (Å²) in [4.78, 5) is 13.5. The van der Waals surface area contributed by atoms with Crippen LogP contribution in [0.5, 0.6) is 0 Å². The maximum Gasteiger partial charge on any atom is 0.321 e. The van der Waals surface area contributed by atoms with Crippen LogP contribution in [0.15, 0.2) is 24.3 Å².